The highest BCUT2D eigenvalue weighted by molar-refractivity contribution is 5.04. The number of aliphatic hydroxyl groups excluding tert-OH is 1. The van der Waals surface area contributed by atoms with Gasteiger partial charge in [0.1, 0.15) is 11.6 Å². The first-order chi connectivity index (χ1) is 12.5. The zero-order valence-corrected chi connectivity index (χ0v) is 16.7. The molecule has 3 rings (SSSR count). The predicted molar refractivity (Wildman–Crippen MR) is 104 cm³/mol. The third-order valence-electron chi connectivity index (χ3n) is 5.79. The fraction of sp³-hybridized carbons (Fsp3) is 0.800. The van der Waals surface area contributed by atoms with Gasteiger partial charge in [0.25, 0.3) is 0 Å². The molecule has 1 N–H and O–H groups in total. The molecule has 0 radical (unpaired) electrons. The molecular weight excluding hydrogens is 326 g/mol. The van der Waals surface area contributed by atoms with Crippen LogP contribution in [0.4, 0.5) is 0 Å². The van der Waals surface area contributed by atoms with E-state index in [1.807, 2.05) is 0 Å². The lowest BCUT2D eigenvalue weighted by Crippen LogP contribution is -2.36. The van der Waals surface area contributed by atoms with Gasteiger partial charge < -0.3 is 14.6 Å². The van der Waals surface area contributed by atoms with Crippen molar-refractivity contribution < 1.29 is 5.11 Å². The fourth-order valence-electron chi connectivity index (χ4n) is 4.15. The van der Waals surface area contributed by atoms with Crippen molar-refractivity contribution in [2.75, 3.05) is 32.7 Å². The lowest BCUT2D eigenvalue weighted by Gasteiger charge is -2.32. The van der Waals surface area contributed by atoms with Gasteiger partial charge in [-0.3, -0.25) is 4.90 Å². The topological polar surface area (TPSA) is 57.4 Å². The molecule has 0 aliphatic carbocycles. The Morgan fingerprint density at radius 2 is 1.88 bits per heavy atom. The van der Waals surface area contributed by atoms with Gasteiger partial charge >= 0.3 is 0 Å². The zero-order valence-electron chi connectivity index (χ0n) is 16.7. The van der Waals surface area contributed by atoms with Crippen LogP contribution in [0.3, 0.4) is 0 Å². The highest BCUT2D eigenvalue weighted by Gasteiger charge is 2.26. The van der Waals surface area contributed by atoms with Crippen LogP contribution in [0.25, 0.3) is 0 Å². The average molecular weight is 362 g/mol. The number of aliphatic hydroxyl groups is 1. The van der Waals surface area contributed by atoms with E-state index in [0.29, 0.717) is 5.92 Å². The summed E-state index contributed by atoms with van der Waals surface area (Å²) in [5, 5.41) is 18.7. The summed E-state index contributed by atoms with van der Waals surface area (Å²) in [5.41, 5.74) is 1.40. The first kappa shape index (κ1) is 19.5. The van der Waals surface area contributed by atoms with Gasteiger partial charge in [0.05, 0.1) is 12.6 Å². The second kappa shape index (κ2) is 9.11. The minimum atomic E-state index is -0.124. The third-order valence-corrected chi connectivity index (χ3v) is 5.79. The van der Waals surface area contributed by atoms with Gasteiger partial charge in [-0.15, -0.1) is 10.2 Å². The molecule has 0 saturated carbocycles. The van der Waals surface area contributed by atoms with Gasteiger partial charge in [0.2, 0.25) is 0 Å². The molecule has 0 amide bonds. The van der Waals surface area contributed by atoms with E-state index in [1.165, 1.54) is 25.0 Å². The minimum absolute atomic E-state index is 0.124. The Labute approximate surface area is 157 Å². The summed E-state index contributed by atoms with van der Waals surface area (Å²) in [6.07, 6.45) is 7.54. The Hall–Kier alpha value is -1.24. The highest BCUT2D eigenvalue weighted by atomic mass is 16.3. The van der Waals surface area contributed by atoms with E-state index in [-0.39, 0.29) is 6.10 Å². The van der Waals surface area contributed by atoms with E-state index < -0.39 is 0 Å². The molecule has 6 nitrogen and oxygen atoms in total. The number of aromatic nitrogens is 3. The maximum Gasteiger partial charge on any atom is 0.146 e. The summed E-state index contributed by atoms with van der Waals surface area (Å²) in [7, 11) is 2.12. The third kappa shape index (κ3) is 5.15. The van der Waals surface area contributed by atoms with Crippen LogP contribution in [0.1, 0.15) is 63.5 Å². The largest absolute Gasteiger partial charge is 0.393 e. The van der Waals surface area contributed by atoms with Gasteiger partial charge in [-0.05, 0) is 52.5 Å². The van der Waals surface area contributed by atoms with E-state index in [0.717, 1.165) is 63.6 Å². The molecule has 3 heterocycles. The molecule has 0 spiro atoms. The molecule has 6 heteroatoms. The van der Waals surface area contributed by atoms with Gasteiger partial charge in [-0.25, -0.2) is 0 Å². The summed E-state index contributed by atoms with van der Waals surface area (Å²) < 4.78 is 2.22. The molecule has 146 valence electrons. The number of hydrogen-bond donors (Lipinski definition) is 1. The van der Waals surface area contributed by atoms with Gasteiger partial charge in [-0.2, -0.15) is 0 Å². The standard InChI is InChI=1S/C20H35N5O/c1-16(2)6-4-10-24-11-5-7-17(14-24)20-22-21-19(23(20)3)15-25-12-8-18(26)9-13-25/h6,17-18,26H,4-5,7-15H2,1-3H3. The first-order valence-electron chi connectivity index (χ1n) is 10.2. The molecule has 0 aromatic carbocycles. The zero-order chi connectivity index (χ0) is 18.5. The van der Waals surface area contributed by atoms with Crippen LogP contribution in [0.5, 0.6) is 0 Å². The number of allylic oxidation sites excluding steroid dienone is 1. The Morgan fingerprint density at radius 3 is 2.62 bits per heavy atom. The molecule has 1 aromatic rings. The smallest absolute Gasteiger partial charge is 0.146 e. The van der Waals surface area contributed by atoms with Crippen molar-refractivity contribution >= 4 is 0 Å². The number of piperidine rings is 2. The van der Waals surface area contributed by atoms with Gasteiger partial charge in [0, 0.05) is 39.1 Å². The predicted octanol–water partition coefficient (Wildman–Crippen LogP) is 2.31. The molecule has 0 bridgehead atoms. The highest BCUT2D eigenvalue weighted by Crippen LogP contribution is 2.26. The molecule has 1 aromatic heterocycles. The summed E-state index contributed by atoms with van der Waals surface area (Å²) in [6.45, 7) is 10.5. The fourth-order valence-corrected chi connectivity index (χ4v) is 4.15. The second-order valence-corrected chi connectivity index (χ2v) is 8.25. The summed E-state index contributed by atoms with van der Waals surface area (Å²) in [4.78, 5) is 4.96. The maximum atomic E-state index is 9.67. The van der Waals surface area contributed by atoms with Crippen molar-refractivity contribution in [2.24, 2.45) is 7.05 Å². The van der Waals surface area contributed by atoms with Crippen LogP contribution < -0.4 is 0 Å². The van der Waals surface area contributed by atoms with Crippen LogP contribution in [0.15, 0.2) is 11.6 Å². The summed E-state index contributed by atoms with van der Waals surface area (Å²) in [5.74, 6) is 2.69. The molecule has 26 heavy (non-hydrogen) atoms. The quantitative estimate of drug-likeness (QED) is 0.788. The lowest BCUT2D eigenvalue weighted by molar-refractivity contribution is 0.0775. The van der Waals surface area contributed by atoms with Crippen LogP contribution >= 0.6 is 0 Å². The number of hydrogen-bond acceptors (Lipinski definition) is 5. The van der Waals surface area contributed by atoms with E-state index in [9.17, 15) is 5.11 Å². The molecule has 2 aliphatic heterocycles. The van der Waals surface area contributed by atoms with Gasteiger partial charge in [-0.1, -0.05) is 11.6 Å². The minimum Gasteiger partial charge on any atom is -0.393 e. The van der Waals surface area contributed by atoms with Crippen molar-refractivity contribution in [3.63, 3.8) is 0 Å². The number of rotatable bonds is 6. The van der Waals surface area contributed by atoms with E-state index in [2.05, 4.69) is 51.5 Å². The second-order valence-electron chi connectivity index (χ2n) is 8.25. The first-order valence-corrected chi connectivity index (χ1v) is 10.2. The van der Waals surface area contributed by atoms with Crippen LogP contribution in [-0.2, 0) is 13.6 Å². The van der Waals surface area contributed by atoms with Crippen LogP contribution in [0.2, 0.25) is 0 Å². The molecule has 2 aliphatic rings. The average Bonchev–Trinajstić information content (AvgIpc) is 2.97. The number of nitrogens with zero attached hydrogens (tertiary/aromatic N) is 5. The van der Waals surface area contributed by atoms with E-state index in [4.69, 9.17) is 0 Å². The van der Waals surface area contributed by atoms with Crippen molar-refractivity contribution in [1.82, 2.24) is 24.6 Å². The van der Waals surface area contributed by atoms with Crippen LogP contribution in [0, 0.1) is 0 Å². The van der Waals surface area contributed by atoms with E-state index >= 15 is 0 Å². The Bertz CT molecular complexity index is 599. The SMILES string of the molecule is CC(C)=CCCN1CCCC(c2nnc(CN3CCC(O)CC3)n2C)C1. The maximum absolute atomic E-state index is 9.67. The molecule has 2 saturated heterocycles. The molecule has 1 atom stereocenters. The van der Waals surface area contributed by atoms with E-state index in [1.54, 1.807) is 0 Å². The van der Waals surface area contributed by atoms with Crippen molar-refractivity contribution in [3.05, 3.63) is 23.3 Å². The lowest BCUT2D eigenvalue weighted by atomic mass is 9.97. The van der Waals surface area contributed by atoms with Crippen molar-refractivity contribution in [1.29, 1.82) is 0 Å². The molecular formula is C20H35N5O. The Morgan fingerprint density at radius 1 is 1.12 bits per heavy atom. The summed E-state index contributed by atoms with van der Waals surface area (Å²) >= 11 is 0. The monoisotopic (exact) mass is 361 g/mol. The molecule has 2 fully saturated rings. The van der Waals surface area contributed by atoms with Crippen LogP contribution in [-0.4, -0.2) is 68.5 Å². The Kier molecular flexibility index (Phi) is 6.84. The normalized spacial score (nSPS) is 23.3. The van der Waals surface area contributed by atoms with Crippen molar-refractivity contribution in [2.45, 2.75) is 64.5 Å². The number of likely N-dealkylation sites (tertiary alicyclic amines) is 2. The Balaban J connectivity index is 1.57. The van der Waals surface area contributed by atoms with Gasteiger partial charge in [0.15, 0.2) is 0 Å². The summed E-state index contributed by atoms with van der Waals surface area (Å²) in [6, 6.07) is 0. The van der Waals surface area contributed by atoms with Crippen molar-refractivity contribution in [3.8, 4) is 0 Å². The molecule has 1 unspecified atom stereocenters.